The summed E-state index contributed by atoms with van der Waals surface area (Å²) in [5.74, 6) is -1.05. The predicted octanol–water partition coefficient (Wildman–Crippen LogP) is 5.69. The number of amides is 3. The van der Waals surface area contributed by atoms with E-state index >= 15 is 0 Å². The monoisotopic (exact) mass is 824 g/mol. The van der Waals surface area contributed by atoms with Crippen LogP contribution in [-0.2, 0) is 43.0 Å². The van der Waals surface area contributed by atoms with Crippen LogP contribution in [0.4, 0.5) is 5.69 Å². The SMILES string of the molecule is CC1(C)/C(=C\C=C\C=C2C(=O)N(Cc3ccccc3)C(=S)N(Cc3ccccc3)C2=O)N(CCCNC(=O)CI)c2ccc(S(=O)(=O)O)cc21. The minimum atomic E-state index is -4.43. The fourth-order valence-electron chi connectivity index (χ4n) is 6.02. The molecule has 260 valence electrons. The Hall–Kier alpha value is -4.18. The first kappa shape index (κ1) is 37.1. The van der Waals surface area contributed by atoms with Crippen LogP contribution in [-0.4, -0.2) is 63.1 Å². The zero-order valence-corrected chi connectivity index (χ0v) is 31.4. The average molecular weight is 825 g/mol. The number of nitrogens with zero attached hydrogens (tertiary/aromatic N) is 3. The Balaban J connectivity index is 1.47. The van der Waals surface area contributed by atoms with Gasteiger partial charge in [-0.2, -0.15) is 8.42 Å². The van der Waals surface area contributed by atoms with Gasteiger partial charge < -0.3 is 10.2 Å². The molecule has 2 aliphatic heterocycles. The van der Waals surface area contributed by atoms with Crippen molar-refractivity contribution < 1.29 is 27.4 Å². The van der Waals surface area contributed by atoms with Crippen LogP contribution in [0.3, 0.4) is 0 Å². The summed E-state index contributed by atoms with van der Waals surface area (Å²) in [5.41, 5.74) is 3.34. The van der Waals surface area contributed by atoms with Crippen molar-refractivity contribution in [2.24, 2.45) is 0 Å². The quantitative estimate of drug-likeness (QED) is 0.0454. The number of halogens is 1. The van der Waals surface area contributed by atoms with Crippen LogP contribution < -0.4 is 10.2 Å². The molecule has 2 N–H and O–H groups in total. The van der Waals surface area contributed by atoms with Crippen LogP contribution in [0.25, 0.3) is 0 Å². The van der Waals surface area contributed by atoms with E-state index < -0.39 is 27.3 Å². The molecule has 0 spiro atoms. The van der Waals surface area contributed by atoms with Gasteiger partial charge >= 0.3 is 0 Å². The van der Waals surface area contributed by atoms with E-state index in [1.54, 1.807) is 18.2 Å². The zero-order chi connectivity index (χ0) is 36.1. The van der Waals surface area contributed by atoms with Gasteiger partial charge in [0.2, 0.25) is 5.91 Å². The first-order chi connectivity index (χ1) is 23.8. The summed E-state index contributed by atoms with van der Waals surface area (Å²) in [7, 11) is -4.43. The average Bonchev–Trinajstić information content (AvgIpc) is 3.31. The van der Waals surface area contributed by atoms with E-state index in [9.17, 15) is 27.4 Å². The summed E-state index contributed by atoms with van der Waals surface area (Å²) in [6.07, 6.45) is 7.34. The molecule has 0 atom stereocenters. The third-order valence-electron chi connectivity index (χ3n) is 8.57. The van der Waals surface area contributed by atoms with E-state index in [1.807, 2.05) is 103 Å². The summed E-state index contributed by atoms with van der Waals surface area (Å²) in [6.45, 7) is 5.28. The van der Waals surface area contributed by atoms with Crippen LogP contribution in [0.5, 0.6) is 0 Å². The fraction of sp³-hybridized carbons (Fsp3) is 0.243. The topological polar surface area (TPSA) is 127 Å². The number of alkyl halides is 1. The summed E-state index contributed by atoms with van der Waals surface area (Å²) < 4.78 is 34.1. The molecule has 0 aliphatic carbocycles. The Morgan fingerprint density at radius 3 is 1.98 bits per heavy atom. The minimum absolute atomic E-state index is 0.0327. The number of carbonyl (C=O) groups is 3. The second-order valence-electron chi connectivity index (χ2n) is 12.3. The summed E-state index contributed by atoms with van der Waals surface area (Å²) >= 11 is 7.71. The summed E-state index contributed by atoms with van der Waals surface area (Å²) in [6, 6.07) is 23.4. The van der Waals surface area contributed by atoms with E-state index in [0.717, 1.165) is 22.5 Å². The van der Waals surface area contributed by atoms with Gasteiger partial charge in [0.15, 0.2) is 5.11 Å². The third-order valence-corrected chi connectivity index (χ3v) is 10.6. The molecule has 3 amide bonds. The molecule has 5 rings (SSSR count). The molecule has 2 aliphatic rings. The van der Waals surface area contributed by atoms with Crippen molar-refractivity contribution in [1.29, 1.82) is 0 Å². The van der Waals surface area contributed by atoms with Gasteiger partial charge in [-0.25, -0.2) is 0 Å². The second-order valence-corrected chi connectivity index (χ2v) is 14.9. The van der Waals surface area contributed by atoms with Gasteiger partial charge in [0.05, 0.1) is 22.4 Å². The molecule has 10 nitrogen and oxygen atoms in total. The summed E-state index contributed by atoms with van der Waals surface area (Å²) in [4.78, 5) is 44.1. The zero-order valence-electron chi connectivity index (χ0n) is 27.6. The van der Waals surface area contributed by atoms with E-state index in [4.69, 9.17) is 12.2 Å². The lowest BCUT2D eigenvalue weighted by Gasteiger charge is -2.36. The lowest BCUT2D eigenvalue weighted by atomic mass is 9.83. The maximum absolute atomic E-state index is 13.8. The highest BCUT2D eigenvalue weighted by Crippen LogP contribution is 2.48. The van der Waals surface area contributed by atoms with Crippen molar-refractivity contribution in [2.45, 2.75) is 43.7 Å². The van der Waals surface area contributed by atoms with Crippen molar-refractivity contribution in [1.82, 2.24) is 15.1 Å². The molecule has 0 unspecified atom stereocenters. The van der Waals surface area contributed by atoms with E-state index in [1.165, 1.54) is 28.0 Å². The Bertz CT molecular complexity index is 1930. The van der Waals surface area contributed by atoms with Crippen molar-refractivity contribution >= 4 is 73.4 Å². The van der Waals surface area contributed by atoms with E-state index in [-0.39, 0.29) is 34.6 Å². The number of hydrogen-bond acceptors (Lipinski definition) is 7. The number of rotatable bonds is 12. The third kappa shape index (κ3) is 8.23. The standard InChI is InChI=1S/C37H37IN4O6S2/c1-37(2)30-22-28(50(46,47)48)18-19-31(30)40(21-11-20-39-33(43)23-38)32(37)17-10-9-16-29-34(44)41(24-26-12-5-3-6-13-26)36(49)42(35(29)45)25-27-14-7-4-8-15-27/h3-10,12-19,22H,11,20-21,23-25H2,1-2H3,(H,39,43)(H,46,47,48)/b10-9+,32-17+. The molecule has 3 aromatic carbocycles. The largest absolute Gasteiger partial charge is 0.355 e. The molecule has 1 saturated heterocycles. The van der Waals surface area contributed by atoms with E-state index in [2.05, 4.69) is 10.2 Å². The molecule has 0 radical (unpaired) electrons. The molecule has 0 bridgehead atoms. The van der Waals surface area contributed by atoms with Crippen LogP contribution in [0.2, 0.25) is 0 Å². The Labute approximate surface area is 311 Å². The van der Waals surface area contributed by atoms with Crippen LogP contribution in [0, 0.1) is 0 Å². The molecule has 0 saturated carbocycles. The number of fused-ring (bicyclic) bond motifs is 1. The highest BCUT2D eigenvalue weighted by molar-refractivity contribution is 14.1. The molecule has 1 fully saturated rings. The first-order valence-electron chi connectivity index (χ1n) is 15.9. The molecular formula is C37H37IN4O6S2. The van der Waals surface area contributed by atoms with Crippen molar-refractivity contribution in [3.63, 3.8) is 0 Å². The minimum Gasteiger partial charge on any atom is -0.355 e. The Morgan fingerprint density at radius 1 is 0.880 bits per heavy atom. The van der Waals surface area contributed by atoms with Crippen molar-refractivity contribution in [3.05, 3.63) is 131 Å². The van der Waals surface area contributed by atoms with Gasteiger partial charge in [0.1, 0.15) is 5.57 Å². The van der Waals surface area contributed by atoms with Gasteiger partial charge in [-0.15, -0.1) is 0 Å². The normalized spacial score (nSPS) is 16.8. The van der Waals surface area contributed by atoms with Crippen LogP contribution >= 0.6 is 34.8 Å². The Morgan fingerprint density at radius 2 is 1.44 bits per heavy atom. The number of benzene rings is 3. The number of thiocarbonyl (C=S) groups is 1. The van der Waals surface area contributed by atoms with Crippen LogP contribution in [0.1, 0.15) is 37.0 Å². The molecule has 0 aromatic heterocycles. The van der Waals surface area contributed by atoms with Gasteiger partial charge in [0, 0.05) is 29.9 Å². The second kappa shape index (κ2) is 15.8. The molecule has 13 heteroatoms. The van der Waals surface area contributed by atoms with E-state index in [0.29, 0.717) is 29.5 Å². The predicted molar refractivity (Wildman–Crippen MR) is 205 cm³/mol. The van der Waals surface area contributed by atoms with Crippen molar-refractivity contribution in [3.8, 4) is 0 Å². The lowest BCUT2D eigenvalue weighted by Crippen LogP contribution is -2.55. The molecule has 3 aromatic rings. The maximum atomic E-state index is 13.8. The first-order valence-corrected chi connectivity index (χ1v) is 19.3. The smallest absolute Gasteiger partial charge is 0.294 e. The highest BCUT2D eigenvalue weighted by Gasteiger charge is 2.41. The fourth-order valence-corrected chi connectivity index (χ4v) is 7.09. The molecular weight excluding hydrogens is 787 g/mol. The summed E-state index contributed by atoms with van der Waals surface area (Å²) in [5, 5.41) is 3.01. The number of allylic oxidation sites excluding steroid dienone is 5. The molecule has 2 heterocycles. The lowest BCUT2D eigenvalue weighted by molar-refractivity contribution is -0.134. The number of anilines is 1. The van der Waals surface area contributed by atoms with Gasteiger partial charge in [-0.05, 0) is 65.7 Å². The van der Waals surface area contributed by atoms with Gasteiger partial charge in [-0.3, -0.25) is 28.7 Å². The number of nitrogens with one attached hydrogen (secondary N) is 1. The Kier molecular flexibility index (Phi) is 11.7. The number of hydrogen-bond donors (Lipinski definition) is 2. The van der Waals surface area contributed by atoms with Gasteiger partial charge in [-0.1, -0.05) is 109 Å². The van der Waals surface area contributed by atoms with Crippen LogP contribution in [0.15, 0.2) is 119 Å². The molecule has 50 heavy (non-hydrogen) atoms. The van der Waals surface area contributed by atoms with Gasteiger partial charge in [0.25, 0.3) is 21.9 Å². The maximum Gasteiger partial charge on any atom is 0.294 e. The van der Waals surface area contributed by atoms with Crippen molar-refractivity contribution in [2.75, 3.05) is 22.4 Å². The highest BCUT2D eigenvalue weighted by atomic mass is 127. The number of carbonyl (C=O) groups excluding carboxylic acids is 3.